The number of hydroxylamine groups is 2. The van der Waals surface area contributed by atoms with Crippen LogP contribution in [0.3, 0.4) is 0 Å². The maximum atomic E-state index is 5.36. The predicted molar refractivity (Wildman–Crippen MR) is 45.8 cm³/mol. The van der Waals surface area contributed by atoms with E-state index in [2.05, 4.69) is 0 Å². The van der Waals surface area contributed by atoms with E-state index < -0.39 is 25.5 Å². The van der Waals surface area contributed by atoms with Gasteiger partial charge in [0.2, 0.25) is 0 Å². The quantitative estimate of drug-likeness (QED) is 0.156. The van der Waals surface area contributed by atoms with Crippen molar-refractivity contribution < 1.29 is 9.80 Å². The van der Waals surface area contributed by atoms with Gasteiger partial charge < -0.3 is 0 Å². The van der Waals surface area contributed by atoms with Gasteiger partial charge in [-0.25, -0.2) is 0 Å². The molecule has 0 unspecified atom stereocenters. The average molecular weight is 265 g/mol. The van der Waals surface area contributed by atoms with Gasteiger partial charge in [0.05, 0.1) is 0 Å². The van der Waals surface area contributed by atoms with Crippen molar-refractivity contribution in [3.05, 3.63) is 0 Å². The van der Waals surface area contributed by atoms with E-state index in [0.717, 1.165) is 0 Å². The molecule has 0 fully saturated rings. The van der Waals surface area contributed by atoms with E-state index in [4.69, 9.17) is 24.5 Å². The zero-order chi connectivity index (χ0) is 8.36. The van der Waals surface area contributed by atoms with Crippen LogP contribution in [0.5, 0.6) is 0 Å². The SMILES string of the molecule is CN(O[N+](C)(N)N)I(N)N. The van der Waals surface area contributed by atoms with Crippen molar-refractivity contribution in [2.24, 2.45) is 19.6 Å². The van der Waals surface area contributed by atoms with Crippen molar-refractivity contribution in [2.75, 3.05) is 14.1 Å². The van der Waals surface area contributed by atoms with Gasteiger partial charge in [-0.3, -0.25) is 0 Å². The van der Waals surface area contributed by atoms with Crippen molar-refractivity contribution in [1.29, 1.82) is 0 Å². The second-order valence-electron chi connectivity index (χ2n) is 1.88. The van der Waals surface area contributed by atoms with E-state index in [1.54, 1.807) is 7.05 Å². The molecule has 0 aromatic carbocycles. The Morgan fingerprint density at radius 3 is 1.90 bits per heavy atom. The van der Waals surface area contributed by atoms with Gasteiger partial charge >= 0.3 is 67.4 Å². The van der Waals surface area contributed by atoms with E-state index in [-0.39, 0.29) is 0 Å². The molecule has 0 atom stereocenters. The minimum absolute atomic E-state index is 0.612. The van der Waals surface area contributed by atoms with Crippen LogP contribution in [0, 0.1) is 0 Å². The van der Waals surface area contributed by atoms with E-state index in [9.17, 15) is 0 Å². The Morgan fingerprint density at radius 1 is 1.40 bits per heavy atom. The summed E-state index contributed by atoms with van der Waals surface area (Å²) in [6.07, 6.45) is 0. The van der Waals surface area contributed by atoms with Crippen LogP contribution in [0.2, 0.25) is 0 Å². The molecule has 0 aliphatic carbocycles. The van der Waals surface area contributed by atoms with Gasteiger partial charge in [0.25, 0.3) is 0 Å². The van der Waals surface area contributed by atoms with Crippen molar-refractivity contribution in [1.82, 2.24) is 3.28 Å². The van der Waals surface area contributed by atoms with E-state index in [1.807, 2.05) is 0 Å². The minimum atomic E-state index is -2.08. The van der Waals surface area contributed by atoms with Crippen molar-refractivity contribution in [3.63, 3.8) is 0 Å². The summed E-state index contributed by atoms with van der Waals surface area (Å²) in [4.78, 5) is 4.23. The van der Waals surface area contributed by atoms with E-state index >= 15 is 0 Å². The van der Waals surface area contributed by atoms with E-state index in [0.29, 0.717) is 0 Å². The molecular weight excluding hydrogens is 251 g/mol. The molecule has 0 aliphatic heterocycles. The molecule has 0 aromatic rings. The molecule has 0 amide bonds. The van der Waals surface area contributed by atoms with Crippen LogP contribution >= 0.6 is 20.6 Å². The van der Waals surface area contributed by atoms with Gasteiger partial charge in [-0.05, 0) is 0 Å². The predicted octanol–water partition coefficient (Wildman–Crippen LogP) is -1.87. The first-order chi connectivity index (χ1) is 4.33. The van der Waals surface area contributed by atoms with Crippen LogP contribution in [0.15, 0.2) is 0 Å². The Morgan fingerprint density at radius 2 is 1.80 bits per heavy atom. The number of nitrogens with two attached hydrogens (primary N) is 4. The van der Waals surface area contributed by atoms with Gasteiger partial charge in [-0.1, -0.05) is 0 Å². The van der Waals surface area contributed by atoms with Crippen molar-refractivity contribution >= 4 is 20.6 Å². The van der Waals surface area contributed by atoms with Gasteiger partial charge in [0.15, 0.2) is 0 Å². The molecule has 7 nitrogen and oxygen atoms in total. The first-order valence-corrected chi connectivity index (χ1v) is 5.84. The van der Waals surface area contributed by atoms with Gasteiger partial charge in [-0.2, -0.15) is 0 Å². The molecule has 0 spiro atoms. The third-order valence-electron chi connectivity index (χ3n) is 0.563. The Balaban J connectivity index is 3.68. The summed E-state index contributed by atoms with van der Waals surface area (Å²) in [5.41, 5.74) is 0. The standard InChI is InChI=1S/C2H14IN6O/c1-8(3(4)5)10-9(2,6)7/h4-7H2,1-2H3/q+1. The molecule has 0 saturated carbocycles. The monoisotopic (exact) mass is 265 g/mol. The number of quaternary nitrogens is 1. The molecule has 0 radical (unpaired) electrons. The number of hydrogen-bond donors (Lipinski definition) is 4. The molecule has 8 N–H and O–H groups in total. The molecule has 0 aromatic heterocycles. The van der Waals surface area contributed by atoms with Crippen molar-refractivity contribution in [3.8, 4) is 0 Å². The summed E-state index contributed by atoms with van der Waals surface area (Å²) < 4.78 is 12.0. The maximum absolute atomic E-state index is 5.36. The summed E-state index contributed by atoms with van der Waals surface area (Å²) in [6, 6.07) is 0. The first kappa shape index (κ1) is 10.4. The third kappa shape index (κ3) is 5.25. The fourth-order valence-corrected chi connectivity index (χ4v) is 0.861. The molecular formula is C2H14IN6O+. The molecule has 0 rings (SSSR count). The summed E-state index contributed by atoms with van der Waals surface area (Å²) in [5, 5.41) is 0. The second-order valence-corrected chi connectivity index (χ2v) is 5.07. The van der Waals surface area contributed by atoms with Crippen LogP contribution in [0.1, 0.15) is 0 Å². The molecule has 0 heterocycles. The van der Waals surface area contributed by atoms with Gasteiger partial charge in [-0.15, -0.1) is 0 Å². The fraction of sp³-hybridized carbons (Fsp3) is 1.00. The van der Waals surface area contributed by atoms with E-state index in [1.165, 1.54) is 10.3 Å². The number of rotatable bonds is 3. The molecule has 0 saturated heterocycles. The zero-order valence-electron chi connectivity index (χ0n) is 5.99. The second kappa shape index (κ2) is 3.73. The summed E-state index contributed by atoms with van der Waals surface area (Å²) in [7, 11) is 3.05. The van der Waals surface area contributed by atoms with Crippen LogP contribution < -0.4 is 19.6 Å². The number of hydrogen-bond acceptors (Lipinski definition) is 6. The van der Waals surface area contributed by atoms with Crippen LogP contribution in [0.4, 0.5) is 0 Å². The zero-order valence-corrected chi connectivity index (χ0v) is 8.15. The average Bonchev–Trinajstić information content (AvgIpc) is 1.60. The van der Waals surface area contributed by atoms with Crippen LogP contribution in [-0.4, -0.2) is 22.2 Å². The Kier molecular flexibility index (Phi) is 3.90. The molecule has 64 valence electrons. The molecule has 0 bridgehead atoms. The van der Waals surface area contributed by atoms with Crippen molar-refractivity contribution in [2.45, 2.75) is 0 Å². The first-order valence-electron chi connectivity index (χ1n) is 2.38. The third-order valence-corrected chi connectivity index (χ3v) is 2.31. The molecule has 0 aliphatic rings. The van der Waals surface area contributed by atoms with Crippen LogP contribution in [-0.2, 0) is 4.94 Å². The topological polar surface area (TPSA) is 117 Å². The normalized spacial score (nSPS) is 14.1. The van der Waals surface area contributed by atoms with Crippen LogP contribution in [0.25, 0.3) is 0 Å². The Bertz CT molecular complexity index is 100. The summed E-state index contributed by atoms with van der Waals surface area (Å²) in [5.74, 6) is 10.5. The molecule has 10 heavy (non-hydrogen) atoms. The summed E-state index contributed by atoms with van der Waals surface area (Å²) in [6.45, 7) is 0. The molecule has 8 heteroatoms. The number of nitrogens with zero attached hydrogens (tertiary/aromatic N) is 2. The Labute approximate surface area is 67.7 Å². The van der Waals surface area contributed by atoms with Gasteiger partial charge in [0.1, 0.15) is 0 Å². The number of halogens is 1. The Hall–Kier alpha value is 0.450. The summed E-state index contributed by atoms with van der Waals surface area (Å²) >= 11 is -2.08. The van der Waals surface area contributed by atoms with Gasteiger partial charge in [0, 0.05) is 0 Å². The fourth-order valence-electron chi connectivity index (χ4n) is 0.278.